The first kappa shape index (κ1) is 75.2. The minimum Gasteiger partial charge on any atom is -0.377 e. The normalized spacial score (nSPS) is 11.5. The van der Waals surface area contributed by atoms with Crippen molar-refractivity contribution in [2.24, 2.45) is 21.1 Å². The first-order valence-electron chi connectivity index (χ1n) is 36.0. The molecule has 7 nitrogen and oxygen atoms in total. The van der Waals surface area contributed by atoms with Crippen LogP contribution in [0.15, 0.2) is 269 Å². The van der Waals surface area contributed by atoms with Gasteiger partial charge in [-0.15, -0.1) is 0 Å². The molecule has 0 unspecified atom stereocenters. The van der Waals surface area contributed by atoms with E-state index in [1.165, 1.54) is 194 Å². The summed E-state index contributed by atoms with van der Waals surface area (Å²) < 4.78 is 13.9. The molecule has 0 saturated heterocycles. The highest BCUT2D eigenvalue weighted by Gasteiger charge is 2.27. The fourth-order valence-corrected chi connectivity index (χ4v) is 19.6. The highest BCUT2D eigenvalue weighted by atomic mass is 79.9. The van der Waals surface area contributed by atoms with Crippen LogP contribution in [0.3, 0.4) is 0 Å². The molecule has 0 saturated carbocycles. The molecule has 16 aromatic carbocycles. The van der Waals surface area contributed by atoms with Gasteiger partial charge in [0, 0.05) is 131 Å². The standard InChI is InChI=1S/C25H25N3.2C21H13Br2N.C21H12Br2.2C2H7N.C2H6/c1-26(2)20-14-22-24(18-12-8-6-10-16(18)20)25-19-13-9-7-11-17(19)21(27(3)4)15-23(25)28(22)5;2*1-24-18-10-16(22)12-6-2-4-8-14(12)20(18)21-15-9-5-3-7-13(15)17(23)11-19(21)24;22-18-10-12-9-13-11-19(23)15-6-2-4-8-17(15)21(13)20(12)16-7-3-1-5-14(16)18;2*1-3-2;1-2/h6-15H,1-5H3;2*2-11H,1H3;1-8,10-11H,9H2;2*3H,1-2H3;1-2H3. The molecule has 536 valence electrons. The Hall–Kier alpha value is -8.60. The van der Waals surface area contributed by atoms with Gasteiger partial charge in [-0.3, -0.25) is 0 Å². The molecule has 0 atom stereocenters. The molecule has 19 aromatic rings. The van der Waals surface area contributed by atoms with Gasteiger partial charge in [-0.2, -0.15) is 0 Å². The molecule has 1 aliphatic rings. The van der Waals surface area contributed by atoms with E-state index in [-0.39, 0.29) is 0 Å². The van der Waals surface area contributed by atoms with Crippen LogP contribution < -0.4 is 20.4 Å². The zero-order chi connectivity index (χ0) is 75.4. The molecule has 0 aliphatic heterocycles. The fourth-order valence-electron chi connectivity index (χ4n) is 16.1. The van der Waals surface area contributed by atoms with Crippen LogP contribution in [0.4, 0.5) is 11.4 Å². The molecule has 0 amide bonds. The summed E-state index contributed by atoms with van der Waals surface area (Å²) in [6.45, 7) is 4.00. The predicted molar refractivity (Wildman–Crippen MR) is 492 cm³/mol. The third-order valence-electron chi connectivity index (χ3n) is 20.6. The average Bonchev–Trinajstić information content (AvgIpc) is 1.61. The third-order valence-corrected chi connectivity index (χ3v) is 24.5. The Labute approximate surface area is 675 Å². The van der Waals surface area contributed by atoms with Crippen molar-refractivity contribution in [2.45, 2.75) is 20.3 Å². The number of nitrogens with zero attached hydrogens (tertiary/aromatic N) is 5. The van der Waals surface area contributed by atoms with E-state index in [0.29, 0.717) is 0 Å². The van der Waals surface area contributed by atoms with Crippen molar-refractivity contribution in [1.29, 1.82) is 0 Å². The van der Waals surface area contributed by atoms with E-state index in [9.17, 15) is 0 Å². The van der Waals surface area contributed by atoms with Gasteiger partial charge in [0.25, 0.3) is 0 Å². The summed E-state index contributed by atoms with van der Waals surface area (Å²) in [5, 5.41) is 34.2. The van der Waals surface area contributed by atoms with Crippen molar-refractivity contribution < 1.29 is 0 Å². The van der Waals surface area contributed by atoms with Crippen molar-refractivity contribution in [3.05, 3.63) is 281 Å². The van der Waals surface area contributed by atoms with E-state index in [1.807, 2.05) is 42.0 Å². The number of hydrogen-bond donors (Lipinski definition) is 2. The summed E-state index contributed by atoms with van der Waals surface area (Å²) in [7, 11) is 22.5. The lowest BCUT2D eigenvalue weighted by Gasteiger charge is -2.17. The summed E-state index contributed by atoms with van der Waals surface area (Å²) in [5.74, 6) is 0. The SMILES string of the molecule is Brc1cc2c(c3ccccc13)-c1c(cc(Br)c3ccccc13)C2.CC.CN(C)c1cc2c(c3ccccc13)c1c3ccccc3c(N(C)C)cc1n2C.CNC.CNC.Cn1c2cc(Br)c3ccccc3c2c2c3ccccc3c(Br)cc21.Cn1c2cc(Br)c3ccccc3c2c2c3ccccc3c(Br)cc21. The number of halogens is 6. The number of anilines is 2. The molecule has 3 aromatic heterocycles. The highest BCUT2D eigenvalue weighted by Crippen LogP contribution is 2.51. The second-order valence-corrected chi connectivity index (χ2v) is 32.5. The number of rotatable bonds is 2. The summed E-state index contributed by atoms with van der Waals surface area (Å²) in [4.78, 5) is 4.42. The molecule has 0 radical (unpaired) electrons. The molecule has 20 rings (SSSR count). The minimum atomic E-state index is 0.998. The quantitative estimate of drug-likeness (QED) is 0.181. The van der Waals surface area contributed by atoms with Crippen molar-refractivity contribution in [3.8, 4) is 11.1 Å². The van der Waals surface area contributed by atoms with Crippen LogP contribution in [0.1, 0.15) is 25.0 Å². The van der Waals surface area contributed by atoms with Crippen molar-refractivity contribution in [3.63, 3.8) is 0 Å². The van der Waals surface area contributed by atoms with Gasteiger partial charge < -0.3 is 34.1 Å². The van der Waals surface area contributed by atoms with E-state index in [0.717, 1.165) is 24.3 Å². The molecular weight excluding hydrogens is 1710 g/mol. The van der Waals surface area contributed by atoms with Crippen molar-refractivity contribution in [1.82, 2.24) is 24.3 Å². The zero-order valence-corrected chi connectivity index (χ0v) is 71.8. The topological polar surface area (TPSA) is 45.3 Å². The molecule has 1 aliphatic carbocycles. The van der Waals surface area contributed by atoms with E-state index >= 15 is 0 Å². The van der Waals surface area contributed by atoms with E-state index in [2.05, 4.69) is 422 Å². The maximum atomic E-state index is 3.75. The molecule has 2 N–H and O–H groups in total. The Kier molecular flexibility index (Phi) is 22.2. The lowest BCUT2D eigenvalue weighted by Crippen LogP contribution is -2.09. The molecule has 107 heavy (non-hydrogen) atoms. The van der Waals surface area contributed by atoms with E-state index in [4.69, 9.17) is 0 Å². The fraction of sp³-hybridized carbons (Fsp3) is 0.149. The van der Waals surface area contributed by atoms with Crippen molar-refractivity contribution in [2.75, 3.05) is 66.2 Å². The van der Waals surface area contributed by atoms with Gasteiger partial charge in [0.1, 0.15) is 0 Å². The van der Waals surface area contributed by atoms with Gasteiger partial charge in [-0.25, -0.2) is 0 Å². The van der Waals surface area contributed by atoms with Gasteiger partial charge >= 0.3 is 0 Å². The second-order valence-electron chi connectivity index (χ2n) is 27.4. The minimum absolute atomic E-state index is 0.998. The van der Waals surface area contributed by atoms with Crippen LogP contribution in [-0.2, 0) is 27.6 Å². The largest absolute Gasteiger partial charge is 0.377 e. The summed E-state index contributed by atoms with van der Waals surface area (Å²) >= 11 is 22.5. The number of nitrogens with one attached hydrogen (secondary N) is 2. The maximum absolute atomic E-state index is 3.75. The van der Waals surface area contributed by atoms with Crippen LogP contribution in [0.2, 0.25) is 0 Å². The Balaban J connectivity index is 0.000000116. The first-order valence-corrected chi connectivity index (χ1v) is 40.8. The molecule has 3 heterocycles. The number of aryl methyl sites for hydroxylation is 3. The number of fused-ring (bicyclic) bond motifs is 28. The maximum Gasteiger partial charge on any atom is 0.0516 e. The van der Waals surface area contributed by atoms with Crippen molar-refractivity contribution >= 4 is 259 Å². The van der Waals surface area contributed by atoms with Gasteiger partial charge in [-0.05, 0) is 181 Å². The molecule has 0 spiro atoms. The zero-order valence-electron chi connectivity index (χ0n) is 62.3. The predicted octanol–water partition coefficient (Wildman–Crippen LogP) is 27.9. The van der Waals surface area contributed by atoms with Crippen LogP contribution in [0, 0.1) is 0 Å². The molecular formula is C94H83Br6N7. The van der Waals surface area contributed by atoms with Crippen LogP contribution in [0.25, 0.3) is 163 Å². The number of hydrogen-bond acceptors (Lipinski definition) is 4. The van der Waals surface area contributed by atoms with E-state index in [1.54, 1.807) is 0 Å². The van der Waals surface area contributed by atoms with Crippen LogP contribution in [-0.4, -0.2) is 70.1 Å². The Morgan fingerprint density at radius 2 is 0.421 bits per heavy atom. The van der Waals surface area contributed by atoms with Gasteiger partial charge in [0.15, 0.2) is 0 Å². The molecule has 13 heteroatoms. The highest BCUT2D eigenvalue weighted by molar-refractivity contribution is 9.11. The monoisotopic (exact) mass is 1780 g/mol. The molecule has 0 bridgehead atoms. The first-order chi connectivity index (χ1) is 51.9. The lowest BCUT2D eigenvalue weighted by molar-refractivity contribution is 1.01. The number of benzene rings is 16. The average molecular weight is 1790 g/mol. The summed E-state index contributed by atoms with van der Waals surface area (Å²) in [5.41, 5.74) is 15.7. The van der Waals surface area contributed by atoms with Gasteiger partial charge in [0.2, 0.25) is 0 Å². The summed E-state index contributed by atoms with van der Waals surface area (Å²) in [6, 6.07) is 87.6. The second kappa shape index (κ2) is 31.5. The van der Waals surface area contributed by atoms with Gasteiger partial charge in [0.05, 0.1) is 33.1 Å². The third kappa shape index (κ3) is 13.2. The molecule has 0 fully saturated rings. The van der Waals surface area contributed by atoms with E-state index < -0.39 is 0 Å². The Bertz CT molecular complexity index is 6110. The number of aromatic nitrogens is 3. The van der Waals surface area contributed by atoms with Crippen LogP contribution in [0.5, 0.6) is 0 Å². The lowest BCUT2D eigenvalue weighted by atomic mass is 9.94. The van der Waals surface area contributed by atoms with Gasteiger partial charge in [-0.1, -0.05) is 304 Å². The Morgan fingerprint density at radius 3 is 0.645 bits per heavy atom. The van der Waals surface area contributed by atoms with Crippen LogP contribution >= 0.6 is 95.6 Å². The Morgan fingerprint density at radius 1 is 0.252 bits per heavy atom. The smallest absolute Gasteiger partial charge is 0.0516 e. The summed E-state index contributed by atoms with van der Waals surface area (Å²) in [6.07, 6.45) is 0.998.